The molecule has 0 aliphatic heterocycles. The smallest absolute Gasteiger partial charge is 0.275 e. The predicted molar refractivity (Wildman–Crippen MR) is 61.2 cm³/mol. The summed E-state index contributed by atoms with van der Waals surface area (Å²) in [4.78, 5) is 10.2. The molecule has 0 saturated carbocycles. The maximum Gasteiger partial charge on any atom is 0.275 e. The number of benzene rings is 1. The van der Waals surface area contributed by atoms with Crippen molar-refractivity contribution in [3.8, 4) is 0 Å². The average molecular weight is 242 g/mol. The first-order valence-electron chi connectivity index (χ1n) is 5.23. The number of ether oxygens (including phenoxy) is 1. The number of likely N-dealkylation sites (N-methyl/N-ethyl adjacent to an activating group) is 1. The predicted octanol–water partition coefficient (Wildman–Crippen LogP) is 1.86. The summed E-state index contributed by atoms with van der Waals surface area (Å²) < 4.78 is 18.4. The van der Waals surface area contributed by atoms with Gasteiger partial charge in [-0.1, -0.05) is 0 Å². The van der Waals surface area contributed by atoms with Gasteiger partial charge in [0.25, 0.3) is 5.69 Å². The Balaban J connectivity index is 2.75. The molecule has 1 N–H and O–H groups in total. The monoisotopic (exact) mass is 242 g/mol. The normalized spacial score (nSPS) is 12.4. The summed E-state index contributed by atoms with van der Waals surface area (Å²) in [6.45, 7) is 2.49. The second-order valence-corrected chi connectivity index (χ2v) is 3.71. The van der Waals surface area contributed by atoms with E-state index in [2.05, 4.69) is 5.32 Å². The van der Waals surface area contributed by atoms with E-state index in [9.17, 15) is 14.5 Å². The Labute approximate surface area is 98.7 Å². The van der Waals surface area contributed by atoms with Crippen LogP contribution in [0.3, 0.4) is 0 Å². The quantitative estimate of drug-likeness (QED) is 0.611. The van der Waals surface area contributed by atoms with Crippen LogP contribution in [0.15, 0.2) is 18.2 Å². The van der Waals surface area contributed by atoms with Crippen molar-refractivity contribution in [2.75, 3.05) is 13.6 Å². The summed E-state index contributed by atoms with van der Waals surface area (Å²) in [6, 6.07) is 3.35. The van der Waals surface area contributed by atoms with Crippen molar-refractivity contribution in [3.63, 3.8) is 0 Å². The van der Waals surface area contributed by atoms with E-state index in [-0.39, 0.29) is 24.0 Å². The van der Waals surface area contributed by atoms with E-state index in [4.69, 9.17) is 4.74 Å². The molecule has 1 unspecified atom stereocenters. The van der Waals surface area contributed by atoms with Crippen LogP contribution in [0, 0.1) is 15.9 Å². The second-order valence-electron chi connectivity index (χ2n) is 3.71. The van der Waals surface area contributed by atoms with Gasteiger partial charge in [0.2, 0.25) is 0 Å². The van der Waals surface area contributed by atoms with Gasteiger partial charge in [-0.3, -0.25) is 10.1 Å². The molecule has 0 amide bonds. The van der Waals surface area contributed by atoms with Gasteiger partial charge in [0.05, 0.1) is 23.2 Å². The number of halogens is 1. The molecule has 0 heterocycles. The van der Waals surface area contributed by atoms with Crippen molar-refractivity contribution in [1.82, 2.24) is 5.32 Å². The molecular formula is C11H15FN2O3. The Kier molecular flexibility index (Phi) is 4.99. The van der Waals surface area contributed by atoms with Gasteiger partial charge in [-0.25, -0.2) is 4.39 Å². The minimum Gasteiger partial charge on any atom is -0.372 e. The van der Waals surface area contributed by atoms with Gasteiger partial charge < -0.3 is 10.1 Å². The summed E-state index contributed by atoms with van der Waals surface area (Å²) in [6.07, 6.45) is -0.0946. The minimum absolute atomic E-state index is 0.0247. The standard InChI is InChI=1S/C11H15FN2O3/c1-8(6-13-2)17-7-9-5-10(12)3-4-11(9)14(15)16/h3-5,8,13H,6-7H2,1-2H3. The zero-order valence-corrected chi connectivity index (χ0v) is 9.77. The van der Waals surface area contributed by atoms with E-state index in [0.717, 1.165) is 18.2 Å². The molecule has 0 fully saturated rings. The molecule has 0 saturated heterocycles. The molecule has 0 spiro atoms. The molecule has 0 radical (unpaired) electrons. The second kappa shape index (κ2) is 6.27. The molecule has 6 heteroatoms. The Morgan fingerprint density at radius 1 is 1.59 bits per heavy atom. The van der Waals surface area contributed by atoms with Gasteiger partial charge in [-0.2, -0.15) is 0 Å². The largest absolute Gasteiger partial charge is 0.372 e. The lowest BCUT2D eigenvalue weighted by Gasteiger charge is -2.12. The molecule has 17 heavy (non-hydrogen) atoms. The van der Waals surface area contributed by atoms with Crippen LogP contribution >= 0.6 is 0 Å². The van der Waals surface area contributed by atoms with Gasteiger partial charge in [0, 0.05) is 12.6 Å². The highest BCUT2D eigenvalue weighted by molar-refractivity contribution is 5.39. The highest BCUT2D eigenvalue weighted by Crippen LogP contribution is 2.20. The number of rotatable bonds is 6. The summed E-state index contributed by atoms with van der Waals surface area (Å²) >= 11 is 0. The number of hydrogen-bond acceptors (Lipinski definition) is 4. The van der Waals surface area contributed by atoms with E-state index < -0.39 is 10.7 Å². The van der Waals surface area contributed by atoms with Crippen LogP contribution in [-0.2, 0) is 11.3 Å². The highest BCUT2D eigenvalue weighted by Gasteiger charge is 2.15. The molecule has 0 bridgehead atoms. The van der Waals surface area contributed by atoms with Crippen LogP contribution in [0.25, 0.3) is 0 Å². The maximum atomic E-state index is 13.0. The summed E-state index contributed by atoms with van der Waals surface area (Å²) in [5, 5.41) is 13.6. The van der Waals surface area contributed by atoms with Gasteiger partial charge >= 0.3 is 0 Å². The molecule has 1 aromatic rings. The zero-order chi connectivity index (χ0) is 12.8. The fourth-order valence-electron chi connectivity index (χ4n) is 1.43. The average Bonchev–Trinajstić information content (AvgIpc) is 2.26. The Morgan fingerprint density at radius 3 is 2.88 bits per heavy atom. The zero-order valence-electron chi connectivity index (χ0n) is 9.77. The third-order valence-corrected chi connectivity index (χ3v) is 2.25. The fraction of sp³-hybridized carbons (Fsp3) is 0.455. The lowest BCUT2D eigenvalue weighted by molar-refractivity contribution is -0.386. The summed E-state index contributed by atoms with van der Waals surface area (Å²) in [7, 11) is 1.78. The number of nitro benzene ring substituents is 1. The number of nitro groups is 1. The first kappa shape index (κ1) is 13.5. The number of nitrogens with one attached hydrogen (secondary N) is 1. The van der Waals surface area contributed by atoms with Crippen LogP contribution in [0.5, 0.6) is 0 Å². The van der Waals surface area contributed by atoms with E-state index in [1.165, 1.54) is 0 Å². The van der Waals surface area contributed by atoms with Gasteiger partial charge in [-0.15, -0.1) is 0 Å². The third-order valence-electron chi connectivity index (χ3n) is 2.25. The molecule has 1 aromatic carbocycles. The van der Waals surface area contributed by atoms with Crippen LogP contribution < -0.4 is 5.32 Å². The number of hydrogen-bond donors (Lipinski definition) is 1. The molecule has 94 valence electrons. The molecule has 1 atom stereocenters. The topological polar surface area (TPSA) is 64.4 Å². The Morgan fingerprint density at radius 2 is 2.29 bits per heavy atom. The molecule has 1 rings (SSSR count). The first-order chi connectivity index (χ1) is 8.04. The van der Waals surface area contributed by atoms with Crippen LogP contribution in [0.2, 0.25) is 0 Å². The lowest BCUT2D eigenvalue weighted by atomic mass is 10.2. The van der Waals surface area contributed by atoms with Crippen molar-refractivity contribution in [3.05, 3.63) is 39.7 Å². The molecule has 0 aliphatic rings. The molecule has 0 aromatic heterocycles. The lowest BCUT2D eigenvalue weighted by Crippen LogP contribution is -2.23. The van der Waals surface area contributed by atoms with Crippen molar-refractivity contribution in [1.29, 1.82) is 0 Å². The van der Waals surface area contributed by atoms with E-state index in [0.29, 0.717) is 6.54 Å². The van der Waals surface area contributed by atoms with Gasteiger partial charge in [0.15, 0.2) is 0 Å². The van der Waals surface area contributed by atoms with E-state index >= 15 is 0 Å². The summed E-state index contributed by atoms with van der Waals surface area (Å²) in [5.41, 5.74) is 0.126. The van der Waals surface area contributed by atoms with Crippen LogP contribution in [-0.4, -0.2) is 24.6 Å². The van der Waals surface area contributed by atoms with Crippen LogP contribution in [0.4, 0.5) is 10.1 Å². The molecular weight excluding hydrogens is 227 g/mol. The number of nitrogens with zero attached hydrogens (tertiary/aromatic N) is 1. The van der Waals surface area contributed by atoms with Gasteiger partial charge in [-0.05, 0) is 26.1 Å². The van der Waals surface area contributed by atoms with Crippen LogP contribution in [0.1, 0.15) is 12.5 Å². The van der Waals surface area contributed by atoms with E-state index in [1.807, 2.05) is 6.92 Å². The molecule has 0 aliphatic carbocycles. The maximum absolute atomic E-state index is 13.0. The van der Waals surface area contributed by atoms with Gasteiger partial charge in [0.1, 0.15) is 5.82 Å². The Hall–Kier alpha value is -1.53. The SMILES string of the molecule is CNCC(C)OCc1cc(F)ccc1[N+](=O)[O-]. The minimum atomic E-state index is -0.541. The van der Waals surface area contributed by atoms with Crippen molar-refractivity contribution >= 4 is 5.69 Å². The van der Waals surface area contributed by atoms with Crippen molar-refractivity contribution in [2.45, 2.75) is 19.6 Å². The van der Waals surface area contributed by atoms with E-state index in [1.54, 1.807) is 7.05 Å². The Bertz CT molecular complexity index is 398. The first-order valence-corrected chi connectivity index (χ1v) is 5.23. The fourth-order valence-corrected chi connectivity index (χ4v) is 1.43. The van der Waals surface area contributed by atoms with Crippen molar-refractivity contribution in [2.24, 2.45) is 0 Å². The third kappa shape index (κ3) is 4.08. The molecule has 5 nitrogen and oxygen atoms in total. The highest BCUT2D eigenvalue weighted by atomic mass is 19.1. The van der Waals surface area contributed by atoms with Crippen molar-refractivity contribution < 1.29 is 14.1 Å². The summed E-state index contributed by atoms with van der Waals surface area (Å²) in [5.74, 6) is -0.504.